The van der Waals surface area contributed by atoms with Gasteiger partial charge in [-0.05, 0) is 58.9 Å². The van der Waals surface area contributed by atoms with Gasteiger partial charge in [0.05, 0.1) is 23.4 Å². The fourth-order valence-electron chi connectivity index (χ4n) is 5.81. The van der Waals surface area contributed by atoms with E-state index in [4.69, 9.17) is 0 Å². The lowest BCUT2D eigenvalue weighted by Gasteiger charge is -2.38. The van der Waals surface area contributed by atoms with E-state index in [1.165, 1.54) is 24.6 Å². The Labute approximate surface area is 243 Å². The second-order valence-electron chi connectivity index (χ2n) is 11.2. The molecule has 1 aliphatic carbocycles. The van der Waals surface area contributed by atoms with Crippen LogP contribution in [0.1, 0.15) is 57.1 Å². The van der Waals surface area contributed by atoms with Crippen LogP contribution in [0.3, 0.4) is 0 Å². The molecule has 0 spiro atoms. The highest BCUT2D eigenvalue weighted by Crippen LogP contribution is 2.39. The molecule has 1 fully saturated rings. The van der Waals surface area contributed by atoms with Crippen molar-refractivity contribution in [3.8, 4) is 22.5 Å². The maximum absolute atomic E-state index is 13.7. The molecule has 1 aromatic heterocycles. The highest BCUT2D eigenvalue weighted by Gasteiger charge is 2.33. The van der Waals surface area contributed by atoms with Crippen LogP contribution in [0.15, 0.2) is 66.7 Å². The molecule has 1 amide bonds. The number of hydrogen-bond donors (Lipinski definition) is 2. The predicted octanol–water partition coefficient (Wildman–Crippen LogP) is 7.53. The Morgan fingerprint density at radius 3 is 2.40 bits per heavy atom. The molecule has 0 aliphatic heterocycles. The number of benzene rings is 3. The minimum atomic E-state index is -4.55. The molecule has 0 atom stereocenters. The Hall–Kier alpha value is -4.21. The Kier molecular flexibility index (Phi) is 8.89. The monoisotopic (exact) mass is 576 g/mol. The number of carbonyl (C=O) groups is 1. The Bertz CT molecular complexity index is 1500. The number of aromatic amines is 1. The average Bonchev–Trinajstić information content (AvgIpc) is 3.51. The number of tetrazole rings is 1. The van der Waals surface area contributed by atoms with E-state index in [2.05, 4.69) is 44.7 Å². The van der Waals surface area contributed by atoms with Crippen LogP contribution in [0.4, 0.5) is 24.5 Å². The molecule has 1 aliphatic rings. The minimum Gasteiger partial charge on any atom is -0.367 e. The molecule has 4 aromatic rings. The van der Waals surface area contributed by atoms with Gasteiger partial charge in [0.25, 0.3) is 0 Å². The van der Waals surface area contributed by atoms with Crippen molar-refractivity contribution in [2.45, 2.75) is 64.6 Å². The molecule has 7 nitrogen and oxygen atoms in total. The summed E-state index contributed by atoms with van der Waals surface area (Å²) in [5.41, 5.74) is 3.00. The van der Waals surface area contributed by atoms with Crippen LogP contribution in [0.25, 0.3) is 22.5 Å². The van der Waals surface area contributed by atoms with E-state index in [0.29, 0.717) is 23.5 Å². The van der Waals surface area contributed by atoms with Crippen molar-refractivity contribution in [3.05, 3.63) is 77.9 Å². The first kappa shape index (κ1) is 29.3. The molecule has 0 unspecified atom stereocenters. The number of nitrogens with one attached hydrogen (secondary N) is 2. The number of H-pyrrole nitrogens is 1. The molecule has 0 bridgehead atoms. The van der Waals surface area contributed by atoms with Gasteiger partial charge in [-0.15, -0.1) is 10.2 Å². The molecule has 5 rings (SSSR count). The maximum Gasteiger partial charge on any atom is 0.416 e. The van der Waals surface area contributed by atoms with Crippen molar-refractivity contribution in [3.63, 3.8) is 0 Å². The van der Waals surface area contributed by atoms with Gasteiger partial charge in [-0.1, -0.05) is 81.6 Å². The SMILES string of the molecule is CC(C)CN(c1ccc(-c2ccccc2-c2nn[nH]n2)cc1NC(=O)Cc1ccccc1C(F)(F)F)C1CCCCC1. The highest BCUT2D eigenvalue weighted by atomic mass is 19.4. The third-order valence-corrected chi connectivity index (χ3v) is 7.66. The molecule has 10 heteroatoms. The standard InChI is InChI=1S/C32H35F3N6O/c1-21(2)20-41(24-11-4-3-5-12-24)29-17-16-22(25-13-7-8-14-26(25)31-37-39-40-38-31)18-28(29)36-30(42)19-23-10-6-9-15-27(23)32(33,34)35/h6-10,13-18,21,24H,3-5,11-12,19-20H2,1-2H3,(H,36,42)(H,37,38,39,40). The largest absolute Gasteiger partial charge is 0.416 e. The molecule has 1 saturated carbocycles. The first-order valence-electron chi connectivity index (χ1n) is 14.4. The number of aromatic nitrogens is 4. The summed E-state index contributed by atoms with van der Waals surface area (Å²) in [5, 5.41) is 17.5. The Morgan fingerprint density at radius 2 is 1.71 bits per heavy atom. The normalized spacial score (nSPS) is 14.2. The van der Waals surface area contributed by atoms with Crippen LogP contribution in [-0.2, 0) is 17.4 Å². The summed E-state index contributed by atoms with van der Waals surface area (Å²) in [6, 6.07) is 19.1. The predicted molar refractivity (Wildman–Crippen MR) is 158 cm³/mol. The van der Waals surface area contributed by atoms with Crippen LogP contribution in [0.5, 0.6) is 0 Å². The van der Waals surface area contributed by atoms with E-state index in [0.717, 1.165) is 60.7 Å². The van der Waals surface area contributed by atoms with E-state index in [-0.39, 0.29) is 5.56 Å². The van der Waals surface area contributed by atoms with Crippen LogP contribution in [0, 0.1) is 5.92 Å². The molecular formula is C32H35F3N6O. The third-order valence-electron chi connectivity index (χ3n) is 7.66. The summed E-state index contributed by atoms with van der Waals surface area (Å²) in [6.45, 7) is 5.12. The molecule has 1 heterocycles. The molecule has 0 saturated heterocycles. The van der Waals surface area contributed by atoms with E-state index >= 15 is 0 Å². The quantitative estimate of drug-likeness (QED) is 0.215. The van der Waals surface area contributed by atoms with Crippen LogP contribution in [-0.4, -0.2) is 39.1 Å². The molecular weight excluding hydrogens is 541 g/mol. The zero-order chi connectivity index (χ0) is 29.7. The van der Waals surface area contributed by atoms with E-state index in [1.54, 1.807) is 0 Å². The van der Waals surface area contributed by atoms with E-state index in [1.807, 2.05) is 42.5 Å². The smallest absolute Gasteiger partial charge is 0.367 e. The van der Waals surface area contributed by atoms with Gasteiger partial charge in [0.1, 0.15) is 0 Å². The van der Waals surface area contributed by atoms with Crippen molar-refractivity contribution in [2.75, 3.05) is 16.8 Å². The average molecular weight is 577 g/mol. The summed E-state index contributed by atoms with van der Waals surface area (Å²) in [6.07, 6.45) is 0.669. The summed E-state index contributed by atoms with van der Waals surface area (Å²) in [7, 11) is 0. The molecule has 42 heavy (non-hydrogen) atoms. The highest BCUT2D eigenvalue weighted by molar-refractivity contribution is 5.97. The van der Waals surface area contributed by atoms with Crippen LogP contribution >= 0.6 is 0 Å². The fraction of sp³-hybridized carbons (Fsp3) is 0.375. The lowest BCUT2D eigenvalue weighted by Crippen LogP contribution is -2.40. The zero-order valence-corrected chi connectivity index (χ0v) is 23.8. The number of rotatable bonds is 9. The summed E-state index contributed by atoms with van der Waals surface area (Å²) >= 11 is 0. The van der Waals surface area contributed by atoms with Gasteiger partial charge in [-0.3, -0.25) is 4.79 Å². The molecule has 0 radical (unpaired) electrons. The van der Waals surface area contributed by atoms with Gasteiger partial charge in [0, 0.05) is 18.2 Å². The first-order chi connectivity index (χ1) is 20.2. The molecule has 3 aromatic carbocycles. The number of nitrogens with zero attached hydrogens (tertiary/aromatic N) is 4. The van der Waals surface area contributed by atoms with E-state index < -0.39 is 24.1 Å². The first-order valence-corrected chi connectivity index (χ1v) is 14.4. The second kappa shape index (κ2) is 12.8. The number of amides is 1. The van der Waals surface area contributed by atoms with Gasteiger partial charge in [0.15, 0.2) is 0 Å². The van der Waals surface area contributed by atoms with Crippen molar-refractivity contribution in [1.82, 2.24) is 20.6 Å². The third kappa shape index (κ3) is 6.80. The lowest BCUT2D eigenvalue weighted by molar-refractivity contribution is -0.138. The van der Waals surface area contributed by atoms with Gasteiger partial charge in [-0.25, -0.2) is 0 Å². The molecule has 220 valence electrons. The van der Waals surface area contributed by atoms with Gasteiger partial charge in [-0.2, -0.15) is 18.4 Å². The zero-order valence-electron chi connectivity index (χ0n) is 23.8. The Balaban J connectivity index is 1.56. The number of anilines is 2. The summed E-state index contributed by atoms with van der Waals surface area (Å²) in [4.78, 5) is 15.8. The van der Waals surface area contributed by atoms with Crippen LogP contribution < -0.4 is 10.2 Å². The maximum atomic E-state index is 13.7. The minimum absolute atomic E-state index is 0.0611. The topological polar surface area (TPSA) is 86.8 Å². The number of carbonyl (C=O) groups excluding carboxylic acids is 1. The number of alkyl halides is 3. The van der Waals surface area contributed by atoms with Gasteiger partial charge in [0.2, 0.25) is 11.7 Å². The van der Waals surface area contributed by atoms with Crippen LogP contribution in [0.2, 0.25) is 0 Å². The van der Waals surface area contributed by atoms with Crippen molar-refractivity contribution in [1.29, 1.82) is 0 Å². The number of hydrogen-bond acceptors (Lipinski definition) is 5. The van der Waals surface area contributed by atoms with Gasteiger partial charge >= 0.3 is 6.18 Å². The number of halogens is 3. The Morgan fingerprint density at radius 1 is 1.00 bits per heavy atom. The van der Waals surface area contributed by atoms with E-state index in [9.17, 15) is 18.0 Å². The van der Waals surface area contributed by atoms with Crippen molar-refractivity contribution in [2.24, 2.45) is 5.92 Å². The fourth-order valence-corrected chi connectivity index (χ4v) is 5.81. The molecule has 2 N–H and O–H groups in total. The van der Waals surface area contributed by atoms with Crippen molar-refractivity contribution >= 4 is 17.3 Å². The summed E-state index contributed by atoms with van der Waals surface area (Å²) < 4.78 is 41.0. The van der Waals surface area contributed by atoms with Gasteiger partial charge < -0.3 is 10.2 Å². The van der Waals surface area contributed by atoms with Crippen molar-refractivity contribution < 1.29 is 18.0 Å². The summed E-state index contributed by atoms with van der Waals surface area (Å²) in [5.74, 6) is 0.296. The lowest BCUT2D eigenvalue weighted by atomic mass is 9.92. The second-order valence-corrected chi connectivity index (χ2v) is 11.2.